The van der Waals surface area contributed by atoms with Crippen LogP contribution in [0.1, 0.15) is 24.2 Å². The first-order chi connectivity index (χ1) is 14.3. The van der Waals surface area contributed by atoms with Gasteiger partial charge >= 0.3 is 0 Å². The van der Waals surface area contributed by atoms with Gasteiger partial charge in [0.25, 0.3) is 0 Å². The average Bonchev–Trinajstić information content (AvgIpc) is 3.18. The van der Waals surface area contributed by atoms with E-state index < -0.39 is 10.0 Å². The average molecular weight is 562 g/mol. The molecule has 1 aliphatic rings. The molecule has 1 fully saturated rings. The molecule has 2 aromatic rings. The van der Waals surface area contributed by atoms with Gasteiger partial charge in [0, 0.05) is 46.0 Å². The van der Waals surface area contributed by atoms with Crippen molar-refractivity contribution in [3.8, 4) is 0 Å². The zero-order valence-electron chi connectivity index (χ0n) is 18.4. The van der Waals surface area contributed by atoms with Crippen LogP contribution in [0.5, 0.6) is 0 Å². The molecule has 1 saturated heterocycles. The molecule has 31 heavy (non-hydrogen) atoms. The molecule has 9 nitrogen and oxygen atoms in total. The third-order valence-electron chi connectivity index (χ3n) is 4.91. The lowest BCUT2D eigenvalue weighted by molar-refractivity contribution is -0.00805. The Hall–Kier alpha value is -1.70. The van der Waals surface area contributed by atoms with E-state index >= 15 is 0 Å². The van der Waals surface area contributed by atoms with Crippen LogP contribution in [0.2, 0.25) is 0 Å². The van der Waals surface area contributed by atoms with Gasteiger partial charge in [-0.05, 0) is 24.6 Å². The van der Waals surface area contributed by atoms with Gasteiger partial charge in [-0.1, -0.05) is 12.1 Å². The molecule has 0 saturated carbocycles. The molecular weight excluding hydrogens is 531 g/mol. The van der Waals surface area contributed by atoms with E-state index in [0.717, 1.165) is 30.2 Å². The zero-order chi connectivity index (χ0) is 21.7. The molecule has 2 heterocycles. The summed E-state index contributed by atoms with van der Waals surface area (Å²) in [4.78, 5) is 7.23. The summed E-state index contributed by atoms with van der Waals surface area (Å²) in [7, 11) is 1.52. The van der Waals surface area contributed by atoms with Gasteiger partial charge in [0.05, 0.1) is 30.8 Å². The Bertz CT molecular complexity index is 975. The highest BCUT2D eigenvalue weighted by molar-refractivity contribution is 14.0. The Morgan fingerprint density at radius 2 is 2.03 bits per heavy atom. The molecule has 11 heteroatoms. The molecule has 0 spiro atoms. The van der Waals surface area contributed by atoms with E-state index in [9.17, 15) is 8.42 Å². The SMILES string of the molecule is CCNC(=NCc1ccc(S(=O)(=O)N(C)C)cc1)N1CCOC(c2cnn(C)c2)C1.I. The lowest BCUT2D eigenvalue weighted by atomic mass is 10.1. The monoisotopic (exact) mass is 562 g/mol. The van der Waals surface area contributed by atoms with E-state index in [2.05, 4.69) is 15.3 Å². The number of sulfonamides is 1. The van der Waals surface area contributed by atoms with Crippen molar-refractivity contribution in [2.45, 2.75) is 24.5 Å². The maximum Gasteiger partial charge on any atom is 0.242 e. The lowest BCUT2D eigenvalue weighted by Crippen LogP contribution is -2.48. The van der Waals surface area contributed by atoms with E-state index in [4.69, 9.17) is 9.73 Å². The highest BCUT2D eigenvalue weighted by Crippen LogP contribution is 2.22. The topological polar surface area (TPSA) is 92.1 Å². The largest absolute Gasteiger partial charge is 0.370 e. The Labute approximate surface area is 201 Å². The van der Waals surface area contributed by atoms with Crippen molar-refractivity contribution in [2.75, 3.05) is 40.3 Å². The molecule has 172 valence electrons. The van der Waals surface area contributed by atoms with Gasteiger partial charge in [-0.2, -0.15) is 5.10 Å². The summed E-state index contributed by atoms with van der Waals surface area (Å²) in [6.07, 6.45) is 3.76. The quantitative estimate of drug-likeness (QED) is 0.328. The molecule has 1 aliphatic heterocycles. The van der Waals surface area contributed by atoms with E-state index in [1.807, 2.05) is 26.4 Å². The molecule has 1 aromatic carbocycles. The van der Waals surface area contributed by atoms with Crippen LogP contribution in [0.3, 0.4) is 0 Å². The summed E-state index contributed by atoms with van der Waals surface area (Å²) >= 11 is 0. The first-order valence-corrected chi connectivity index (χ1v) is 11.4. The summed E-state index contributed by atoms with van der Waals surface area (Å²) in [6.45, 7) is 5.31. The van der Waals surface area contributed by atoms with Gasteiger partial charge in [0.1, 0.15) is 6.10 Å². The fraction of sp³-hybridized carbons (Fsp3) is 0.500. The van der Waals surface area contributed by atoms with Gasteiger partial charge in [-0.3, -0.25) is 4.68 Å². The second-order valence-corrected chi connectivity index (χ2v) is 9.51. The molecule has 1 unspecified atom stereocenters. The summed E-state index contributed by atoms with van der Waals surface area (Å²) in [6, 6.07) is 6.86. The van der Waals surface area contributed by atoms with E-state index in [-0.39, 0.29) is 35.0 Å². The van der Waals surface area contributed by atoms with E-state index in [0.29, 0.717) is 19.7 Å². The number of ether oxygens (including phenoxy) is 1. The Morgan fingerprint density at radius 1 is 1.32 bits per heavy atom. The van der Waals surface area contributed by atoms with Crippen molar-refractivity contribution in [1.29, 1.82) is 0 Å². The number of halogens is 1. The highest BCUT2D eigenvalue weighted by atomic mass is 127. The number of rotatable bonds is 6. The molecule has 0 aliphatic carbocycles. The summed E-state index contributed by atoms with van der Waals surface area (Å²) in [5.41, 5.74) is 2.00. The number of guanidine groups is 1. The number of aryl methyl sites for hydroxylation is 1. The number of morpholine rings is 1. The van der Waals surface area contributed by atoms with Crippen LogP contribution in [-0.4, -0.2) is 73.7 Å². The van der Waals surface area contributed by atoms with Gasteiger partial charge in [0.15, 0.2) is 5.96 Å². The van der Waals surface area contributed by atoms with E-state index in [1.165, 1.54) is 18.4 Å². The summed E-state index contributed by atoms with van der Waals surface area (Å²) in [5.74, 6) is 0.819. The van der Waals surface area contributed by atoms with Gasteiger partial charge in [-0.25, -0.2) is 17.7 Å². The molecule has 1 aromatic heterocycles. The number of nitrogens with zero attached hydrogens (tertiary/aromatic N) is 5. The van der Waals surface area contributed by atoms with Crippen molar-refractivity contribution in [3.05, 3.63) is 47.8 Å². The van der Waals surface area contributed by atoms with Gasteiger partial charge in [-0.15, -0.1) is 24.0 Å². The van der Waals surface area contributed by atoms with E-state index in [1.54, 1.807) is 28.9 Å². The predicted octanol–water partition coefficient (Wildman–Crippen LogP) is 1.83. The second-order valence-electron chi connectivity index (χ2n) is 7.35. The zero-order valence-corrected chi connectivity index (χ0v) is 21.5. The van der Waals surface area contributed by atoms with Crippen molar-refractivity contribution in [2.24, 2.45) is 12.0 Å². The van der Waals surface area contributed by atoms with Gasteiger partial charge < -0.3 is 15.0 Å². The Morgan fingerprint density at radius 3 is 2.61 bits per heavy atom. The fourth-order valence-corrected chi connectivity index (χ4v) is 4.12. The highest BCUT2D eigenvalue weighted by Gasteiger charge is 2.25. The lowest BCUT2D eigenvalue weighted by Gasteiger charge is -2.34. The number of hydrogen-bond donors (Lipinski definition) is 1. The fourth-order valence-electron chi connectivity index (χ4n) is 3.22. The smallest absolute Gasteiger partial charge is 0.242 e. The van der Waals surface area contributed by atoms with Crippen LogP contribution in [-0.2, 0) is 28.4 Å². The molecular formula is C20H31IN6O3S. The molecule has 3 rings (SSSR count). The number of aliphatic imine (C=N–C) groups is 1. The molecule has 0 bridgehead atoms. The Kier molecular flexibility index (Phi) is 9.28. The summed E-state index contributed by atoms with van der Waals surface area (Å²) in [5, 5.41) is 7.58. The number of benzene rings is 1. The van der Waals surface area contributed by atoms with Crippen molar-refractivity contribution in [1.82, 2.24) is 24.3 Å². The minimum Gasteiger partial charge on any atom is -0.370 e. The van der Waals surface area contributed by atoms with Crippen LogP contribution in [0.4, 0.5) is 0 Å². The Balaban J connectivity index is 0.00000341. The van der Waals surface area contributed by atoms with Crippen LogP contribution in [0.15, 0.2) is 46.5 Å². The molecule has 1 N–H and O–H groups in total. The van der Waals surface area contributed by atoms with Crippen molar-refractivity contribution >= 4 is 40.0 Å². The van der Waals surface area contributed by atoms with Gasteiger partial charge in [0.2, 0.25) is 10.0 Å². The minimum atomic E-state index is -3.43. The minimum absolute atomic E-state index is 0. The van der Waals surface area contributed by atoms with Crippen LogP contribution in [0.25, 0.3) is 0 Å². The maximum atomic E-state index is 12.2. The third-order valence-corrected chi connectivity index (χ3v) is 6.74. The molecule has 0 amide bonds. The maximum absolute atomic E-state index is 12.2. The standard InChI is InChI=1S/C20H30N6O3S.HI/c1-5-21-20(26-10-11-29-19(15-26)17-13-23-25(4)14-17)22-12-16-6-8-18(9-7-16)30(27,28)24(2)3;/h6-9,13-14,19H,5,10-12,15H2,1-4H3,(H,21,22);1H. The second kappa shape index (κ2) is 11.2. The van der Waals surface area contributed by atoms with Crippen LogP contribution in [0, 0.1) is 0 Å². The molecule has 0 radical (unpaired) electrons. The third kappa shape index (κ3) is 6.40. The first kappa shape index (κ1) is 25.6. The number of aromatic nitrogens is 2. The van der Waals surface area contributed by atoms with Crippen molar-refractivity contribution < 1.29 is 13.2 Å². The van der Waals surface area contributed by atoms with Crippen LogP contribution >= 0.6 is 24.0 Å². The predicted molar refractivity (Wildman–Crippen MR) is 131 cm³/mol. The molecule has 1 atom stereocenters. The van der Waals surface area contributed by atoms with Crippen molar-refractivity contribution in [3.63, 3.8) is 0 Å². The number of nitrogens with one attached hydrogen (secondary N) is 1. The normalized spacial score (nSPS) is 17.5. The number of hydrogen-bond acceptors (Lipinski definition) is 5. The first-order valence-electron chi connectivity index (χ1n) is 9.96. The summed E-state index contributed by atoms with van der Waals surface area (Å²) < 4.78 is 33.3. The van der Waals surface area contributed by atoms with Crippen LogP contribution < -0.4 is 5.32 Å².